The number of sulfonamides is 1. The summed E-state index contributed by atoms with van der Waals surface area (Å²) in [6.45, 7) is 5.73. The van der Waals surface area contributed by atoms with Gasteiger partial charge in [-0.15, -0.1) is 11.0 Å². The van der Waals surface area contributed by atoms with Crippen molar-refractivity contribution in [1.29, 1.82) is 0 Å². The van der Waals surface area contributed by atoms with Gasteiger partial charge >= 0.3 is 0 Å². The van der Waals surface area contributed by atoms with Crippen LogP contribution in [0.1, 0.15) is 16.4 Å². The highest BCUT2D eigenvalue weighted by Gasteiger charge is 2.39. The van der Waals surface area contributed by atoms with Crippen molar-refractivity contribution in [2.24, 2.45) is 4.40 Å². The first-order valence-electron chi connectivity index (χ1n) is 7.98. The number of amides is 1. The molecule has 0 saturated carbocycles. The number of rotatable bonds is 5. The molecule has 1 fully saturated rings. The fourth-order valence-corrected chi connectivity index (χ4v) is 4.91. The molecule has 0 aliphatic carbocycles. The number of carbonyl (C=O) groups is 1. The van der Waals surface area contributed by atoms with Crippen LogP contribution in [0.4, 0.5) is 0 Å². The molecule has 1 saturated heterocycles. The molecule has 0 radical (unpaired) electrons. The number of hydrogen-bond acceptors (Lipinski definition) is 4. The average molecular weight is 386 g/mol. The van der Waals surface area contributed by atoms with Crippen LogP contribution in [0.5, 0.6) is 0 Å². The third-order valence-electron chi connectivity index (χ3n) is 3.88. The summed E-state index contributed by atoms with van der Waals surface area (Å²) in [7, 11) is -3.90. The fourth-order valence-electron chi connectivity index (χ4n) is 2.53. The Morgan fingerprint density at radius 1 is 1.15 bits per heavy atom. The molecule has 1 heterocycles. The number of benzene rings is 2. The number of nitrogens with zero attached hydrogens (tertiary/aromatic N) is 2. The van der Waals surface area contributed by atoms with Crippen molar-refractivity contribution in [3.8, 4) is 0 Å². The summed E-state index contributed by atoms with van der Waals surface area (Å²) < 4.78 is 29.2. The van der Waals surface area contributed by atoms with Gasteiger partial charge < -0.3 is 0 Å². The van der Waals surface area contributed by atoms with Crippen LogP contribution >= 0.6 is 11.8 Å². The Morgan fingerprint density at radius 3 is 2.42 bits per heavy atom. The second kappa shape index (κ2) is 7.47. The minimum Gasteiger partial charge on any atom is -0.285 e. The van der Waals surface area contributed by atoms with Gasteiger partial charge in [0.25, 0.3) is 10.0 Å². The highest BCUT2D eigenvalue weighted by Crippen LogP contribution is 2.40. The summed E-state index contributed by atoms with van der Waals surface area (Å²) >= 11 is 1.14. The van der Waals surface area contributed by atoms with Gasteiger partial charge in [-0.3, -0.25) is 9.69 Å². The first kappa shape index (κ1) is 18.4. The maximum absolute atomic E-state index is 12.8. The Hall–Kier alpha value is -2.38. The Labute approximate surface area is 157 Å². The van der Waals surface area contributed by atoms with Gasteiger partial charge in [0.15, 0.2) is 5.17 Å². The van der Waals surface area contributed by atoms with Gasteiger partial charge in [-0.1, -0.05) is 65.9 Å². The van der Waals surface area contributed by atoms with Crippen molar-refractivity contribution in [3.05, 3.63) is 78.4 Å². The van der Waals surface area contributed by atoms with Crippen LogP contribution in [0, 0.1) is 6.92 Å². The second-order valence-electron chi connectivity index (χ2n) is 5.81. The van der Waals surface area contributed by atoms with Gasteiger partial charge in [0, 0.05) is 6.54 Å². The zero-order valence-electron chi connectivity index (χ0n) is 14.2. The molecule has 26 heavy (non-hydrogen) atoms. The van der Waals surface area contributed by atoms with E-state index in [9.17, 15) is 13.2 Å². The molecule has 1 atom stereocenters. The summed E-state index contributed by atoms with van der Waals surface area (Å²) in [5, 5.41) is -0.340. The lowest BCUT2D eigenvalue weighted by atomic mass is 10.1. The van der Waals surface area contributed by atoms with Crippen molar-refractivity contribution >= 4 is 32.9 Å². The van der Waals surface area contributed by atoms with Crippen molar-refractivity contribution in [2.45, 2.75) is 17.1 Å². The molecule has 2 aromatic rings. The molecule has 134 valence electrons. The van der Waals surface area contributed by atoms with E-state index in [2.05, 4.69) is 11.0 Å². The molecule has 0 unspecified atom stereocenters. The Balaban J connectivity index is 1.98. The van der Waals surface area contributed by atoms with Crippen LogP contribution < -0.4 is 0 Å². The second-order valence-corrected chi connectivity index (χ2v) is 8.48. The van der Waals surface area contributed by atoms with E-state index in [0.717, 1.165) is 22.9 Å². The van der Waals surface area contributed by atoms with E-state index in [4.69, 9.17) is 0 Å². The molecule has 0 spiro atoms. The number of carbonyl (C=O) groups excluding carboxylic acids is 1. The van der Waals surface area contributed by atoms with Crippen LogP contribution in [-0.4, -0.2) is 30.9 Å². The standard InChI is InChI=1S/C19H18N2O3S2/c1-3-13-21-18(22)17(15-7-5-4-6-8-15)25-19(21)20-26(23,24)16-11-9-14(2)10-12-16/h3-12,17H,1,13H2,2H3/t17-/m1/s1. The highest BCUT2D eigenvalue weighted by molar-refractivity contribution is 8.15. The Bertz CT molecular complexity index is 952. The van der Waals surface area contributed by atoms with Gasteiger partial charge in [-0.05, 0) is 24.6 Å². The average Bonchev–Trinajstić information content (AvgIpc) is 2.92. The zero-order chi connectivity index (χ0) is 18.7. The highest BCUT2D eigenvalue weighted by atomic mass is 32.2. The molecule has 1 aliphatic rings. The monoisotopic (exact) mass is 386 g/mol. The van der Waals surface area contributed by atoms with Gasteiger partial charge in [-0.25, -0.2) is 0 Å². The lowest BCUT2D eigenvalue weighted by Gasteiger charge is -2.13. The number of hydrogen-bond donors (Lipinski definition) is 0. The van der Waals surface area contributed by atoms with E-state index in [-0.39, 0.29) is 22.5 Å². The molecule has 7 heteroatoms. The van der Waals surface area contributed by atoms with E-state index in [1.807, 2.05) is 37.3 Å². The first-order valence-corrected chi connectivity index (χ1v) is 10.3. The molecule has 3 rings (SSSR count). The molecule has 0 N–H and O–H groups in total. The lowest BCUT2D eigenvalue weighted by molar-refractivity contribution is -0.125. The molecule has 1 amide bonds. The SMILES string of the molecule is C=CCN1C(=O)[C@@H](c2ccccc2)SC1=NS(=O)(=O)c1ccc(C)cc1. The molecular formula is C19H18N2O3S2. The molecule has 5 nitrogen and oxygen atoms in total. The molecular weight excluding hydrogens is 368 g/mol. The Morgan fingerprint density at radius 2 is 1.81 bits per heavy atom. The predicted molar refractivity (Wildman–Crippen MR) is 104 cm³/mol. The van der Waals surface area contributed by atoms with E-state index >= 15 is 0 Å². The topological polar surface area (TPSA) is 66.8 Å². The summed E-state index contributed by atoms with van der Waals surface area (Å²) in [4.78, 5) is 14.2. The van der Waals surface area contributed by atoms with Gasteiger partial charge in [0.05, 0.1) is 4.90 Å². The van der Waals surface area contributed by atoms with Crippen LogP contribution in [0.25, 0.3) is 0 Å². The van der Waals surface area contributed by atoms with Crippen LogP contribution in [-0.2, 0) is 14.8 Å². The van der Waals surface area contributed by atoms with Crippen molar-refractivity contribution < 1.29 is 13.2 Å². The molecule has 2 aromatic carbocycles. The summed E-state index contributed by atoms with van der Waals surface area (Å²) in [5.74, 6) is -0.195. The van der Waals surface area contributed by atoms with Gasteiger partial charge in [0.1, 0.15) is 5.25 Å². The zero-order valence-corrected chi connectivity index (χ0v) is 15.8. The summed E-state index contributed by atoms with van der Waals surface area (Å²) in [6.07, 6.45) is 1.56. The minimum atomic E-state index is -3.90. The van der Waals surface area contributed by atoms with E-state index in [1.54, 1.807) is 18.2 Å². The normalized spacial score (nSPS) is 19.1. The Kier molecular flexibility index (Phi) is 5.29. The third-order valence-corrected chi connectivity index (χ3v) is 6.50. The fraction of sp³-hybridized carbons (Fsp3) is 0.158. The number of aryl methyl sites for hydroxylation is 1. The van der Waals surface area contributed by atoms with Crippen LogP contribution in [0.2, 0.25) is 0 Å². The molecule has 1 aliphatic heterocycles. The first-order chi connectivity index (χ1) is 12.4. The quantitative estimate of drug-likeness (QED) is 0.737. The van der Waals surface area contributed by atoms with Crippen LogP contribution in [0.3, 0.4) is 0 Å². The molecule has 0 aromatic heterocycles. The third kappa shape index (κ3) is 3.73. The maximum atomic E-state index is 12.8. The van der Waals surface area contributed by atoms with E-state index in [1.165, 1.54) is 17.0 Å². The van der Waals surface area contributed by atoms with Gasteiger partial charge in [-0.2, -0.15) is 8.42 Å². The predicted octanol–water partition coefficient (Wildman–Crippen LogP) is 3.54. The summed E-state index contributed by atoms with van der Waals surface area (Å²) in [5.41, 5.74) is 1.77. The number of amidine groups is 1. The van der Waals surface area contributed by atoms with Crippen LogP contribution in [0.15, 0.2) is 76.5 Å². The smallest absolute Gasteiger partial charge is 0.284 e. The van der Waals surface area contributed by atoms with Crippen molar-refractivity contribution in [2.75, 3.05) is 6.54 Å². The van der Waals surface area contributed by atoms with Crippen molar-refractivity contribution in [1.82, 2.24) is 4.90 Å². The largest absolute Gasteiger partial charge is 0.285 e. The van der Waals surface area contributed by atoms with E-state index < -0.39 is 15.3 Å². The molecule has 0 bridgehead atoms. The maximum Gasteiger partial charge on any atom is 0.284 e. The number of thioether (sulfide) groups is 1. The van der Waals surface area contributed by atoms with E-state index in [0.29, 0.717) is 0 Å². The lowest BCUT2D eigenvalue weighted by Crippen LogP contribution is -2.30. The van der Waals surface area contributed by atoms with Gasteiger partial charge in [0.2, 0.25) is 5.91 Å². The van der Waals surface area contributed by atoms with Crippen molar-refractivity contribution in [3.63, 3.8) is 0 Å². The minimum absolute atomic E-state index is 0.102. The summed E-state index contributed by atoms with van der Waals surface area (Å²) in [6, 6.07) is 15.7.